The fourth-order valence-electron chi connectivity index (χ4n) is 2.80. The normalized spacial score (nSPS) is 22.6. The summed E-state index contributed by atoms with van der Waals surface area (Å²) >= 11 is 5.93. The molecule has 1 aromatic heterocycles. The summed E-state index contributed by atoms with van der Waals surface area (Å²) in [5, 5.41) is 21.8. The van der Waals surface area contributed by atoms with E-state index in [2.05, 4.69) is 20.3 Å². The summed E-state index contributed by atoms with van der Waals surface area (Å²) in [4.78, 5) is 2.18. The summed E-state index contributed by atoms with van der Waals surface area (Å²) in [7, 11) is 0. The Balaban J connectivity index is 1.53. The summed E-state index contributed by atoms with van der Waals surface area (Å²) in [6, 6.07) is 7.36. The van der Waals surface area contributed by atoms with E-state index in [1.165, 1.54) is 0 Å². The molecule has 2 N–H and O–H groups in total. The number of likely N-dealkylation sites (tertiary alicyclic amines) is 1. The van der Waals surface area contributed by atoms with Crippen molar-refractivity contribution in [1.82, 2.24) is 20.3 Å². The third-order valence-corrected chi connectivity index (χ3v) is 4.15. The largest absolute Gasteiger partial charge is 0.492 e. The van der Waals surface area contributed by atoms with Crippen LogP contribution in [0.15, 0.2) is 30.5 Å². The van der Waals surface area contributed by atoms with Gasteiger partial charge in [-0.05, 0) is 37.6 Å². The van der Waals surface area contributed by atoms with Gasteiger partial charge in [-0.15, -0.1) is 0 Å². The number of ether oxygens (including phenoxy) is 1. The molecule has 7 heteroatoms. The minimum absolute atomic E-state index is 0.540. The Labute approximate surface area is 134 Å². The number of rotatable bonds is 5. The first-order valence-electron chi connectivity index (χ1n) is 7.35. The number of aromatic nitrogens is 3. The molecule has 1 unspecified atom stereocenters. The van der Waals surface area contributed by atoms with Gasteiger partial charge in [0.15, 0.2) is 0 Å². The lowest BCUT2D eigenvalue weighted by molar-refractivity contribution is -0.0412. The van der Waals surface area contributed by atoms with Crippen molar-refractivity contribution in [2.75, 3.05) is 26.2 Å². The van der Waals surface area contributed by atoms with Gasteiger partial charge in [-0.1, -0.05) is 17.7 Å². The maximum Gasteiger partial charge on any atom is 0.123 e. The van der Waals surface area contributed by atoms with E-state index in [1.807, 2.05) is 18.2 Å². The second kappa shape index (κ2) is 6.64. The van der Waals surface area contributed by atoms with Crippen molar-refractivity contribution >= 4 is 11.6 Å². The highest BCUT2D eigenvalue weighted by molar-refractivity contribution is 6.30. The van der Waals surface area contributed by atoms with Crippen LogP contribution in [0.4, 0.5) is 0 Å². The minimum Gasteiger partial charge on any atom is -0.492 e. The predicted octanol–water partition coefficient (Wildman–Crippen LogP) is 1.82. The summed E-state index contributed by atoms with van der Waals surface area (Å²) in [5.74, 6) is 0.760. The highest BCUT2D eigenvalue weighted by Crippen LogP contribution is 2.29. The fourth-order valence-corrected chi connectivity index (χ4v) is 2.98. The van der Waals surface area contributed by atoms with Crippen molar-refractivity contribution in [2.45, 2.75) is 18.4 Å². The summed E-state index contributed by atoms with van der Waals surface area (Å²) < 4.78 is 5.71. The Morgan fingerprint density at radius 1 is 1.45 bits per heavy atom. The number of hydrogen-bond donors (Lipinski definition) is 2. The number of halogens is 1. The third kappa shape index (κ3) is 3.58. The second-order valence-electron chi connectivity index (χ2n) is 5.57. The van der Waals surface area contributed by atoms with Gasteiger partial charge in [0.2, 0.25) is 0 Å². The molecule has 1 aliphatic heterocycles. The van der Waals surface area contributed by atoms with Crippen LogP contribution >= 0.6 is 11.6 Å². The molecule has 22 heavy (non-hydrogen) atoms. The van der Waals surface area contributed by atoms with Gasteiger partial charge in [0.05, 0.1) is 6.20 Å². The number of nitrogens with zero attached hydrogens (tertiary/aromatic N) is 3. The number of hydrogen-bond acceptors (Lipinski definition) is 5. The maximum atomic E-state index is 10.7. The zero-order valence-electron chi connectivity index (χ0n) is 12.2. The molecule has 0 saturated carbocycles. The molecular formula is C15H19ClN4O2. The van der Waals surface area contributed by atoms with Gasteiger partial charge in [0.1, 0.15) is 23.7 Å². The van der Waals surface area contributed by atoms with Crippen LogP contribution in [0.3, 0.4) is 0 Å². The molecule has 0 bridgehead atoms. The lowest BCUT2D eigenvalue weighted by Crippen LogP contribution is -2.47. The van der Waals surface area contributed by atoms with Gasteiger partial charge < -0.3 is 9.84 Å². The molecule has 0 radical (unpaired) electrons. The van der Waals surface area contributed by atoms with Gasteiger partial charge in [-0.25, -0.2) is 0 Å². The molecule has 1 aromatic carbocycles. The standard InChI is InChI=1S/C15H19ClN4O2/c16-12-3-1-4-13(9-12)22-8-7-20-6-2-5-15(21,11-20)14-10-17-19-18-14/h1,3-4,9-10,21H,2,5-8,11H2,(H,17,18,19). The highest BCUT2D eigenvalue weighted by Gasteiger charge is 2.36. The van der Waals surface area contributed by atoms with Gasteiger partial charge in [0, 0.05) is 18.1 Å². The van der Waals surface area contributed by atoms with Gasteiger partial charge >= 0.3 is 0 Å². The van der Waals surface area contributed by atoms with Crippen LogP contribution in [0.1, 0.15) is 18.5 Å². The summed E-state index contributed by atoms with van der Waals surface area (Å²) in [6.45, 7) is 2.78. The molecule has 118 valence electrons. The first-order valence-corrected chi connectivity index (χ1v) is 7.73. The lowest BCUT2D eigenvalue weighted by atomic mass is 9.90. The number of H-pyrrole nitrogens is 1. The van der Waals surface area contributed by atoms with E-state index < -0.39 is 5.60 Å². The van der Waals surface area contributed by atoms with Crippen LogP contribution in [-0.2, 0) is 5.60 Å². The van der Waals surface area contributed by atoms with E-state index in [0.29, 0.717) is 30.3 Å². The van der Waals surface area contributed by atoms with E-state index in [0.717, 1.165) is 25.3 Å². The monoisotopic (exact) mass is 322 g/mol. The topological polar surface area (TPSA) is 74.3 Å². The Kier molecular flexibility index (Phi) is 4.61. The molecule has 0 spiro atoms. The Bertz CT molecular complexity index is 607. The van der Waals surface area contributed by atoms with Crippen LogP contribution in [-0.4, -0.2) is 51.7 Å². The molecule has 2 aromatic rings. The van der Waals surface area contributed by atoms with Crippen LogP contribution in [0.5, 0.6) is 5.75 Å². The van der Waals surface area contributed by atoms with E-state index >= 15 is 0 Å². The Morgan fingerprint density at radius 3 is 3.14 bits per heavy atom. The van der Waals surface area contributed by atoms with E-state index in [1.54, 1.807) is 12.3 Å². The molecule has 2 heterocycles. The Hall–Kier alpha value is -1.63. The third-order valence-electron chi connectivity index (χ3n) is 3.91. The summed E-state index contributed by atoms with van der Waals surface area (Å²) in [6.07, 6.45) is 3.21. The molecule has 6 nitrogen and oxygen atoms in total. The molecule has 0 amide bonds. The molecule has 1 saturated heterocycles. The SMILES string of the molecule is OC1(c2cn[nH]n2)CCCN(CCOc2cccc(Cl)c2)C1. The number of benzene rings is 1. The highest BCUT2D eigenvalue weighted by atomic mass is 35.5. The molecule has 1 fully saturated rings. The van der Waals surface area contributed by atoms with Crippen LogP contribution < -0.4 is 4.74 Å². The van der Waals surface area contributed by atoms with Crippen LogP contribution in [0.2, 0.25) is 5.02 Å². The predicted molar refractivity (Wildman–Crippen MR) is 82.9 cm³/mol. The quantitative estimate of drug-likeness (QED) is 0.878. The second-order valence-corrected chi connectivity index (χ2v) is 6.01. The van der Waals surface area contributed by atoms with Crippen molar-refractivity contribution < 1.29 is 9.84 Å². The number of nitrogens with one attached hydrogen (secondary N) is 1. The number of aliphatic hydroxyl groups is 1. The van der Waals surface area contributed by atoms with Crippen molar-refractivity contribution in [3.8, 4) is 5.75 Å². The Morgan fingerprint density at radius 2 is 2.36 bits per heavy atom. The fraction of sp³-hybridized carbons (Fsp3) is 0.467. The molecule has 1 atom stereocenters. The molecule has 3 rings (SSSR count). The molecule has 1 aliphatic rings. The minimum atomic E-state index is -0.929. The van der Waals surface area contributed by atoms with Gasteiger partial charge in [-0.2, -0.15) is 15.4 Å². The zero-order valence-corrected chi connectivity index (χ0v) is 13.0. The van der Waals surface area contributed by atoms with Crippen LogP contribution in [0.25, 0.3) is 0 Å². The van der Waals surface area contributed by atoms with E-state index in [9.17, 15) is 5.11 Å². The summed E-state index contributed by atoms with van der Waals surface area (Å²) in [5.41, 5.74) is -0.325. The number of β-amino-alcohol motifs (C(OH)–C–C–N with tert-alkyl or cyclic N) is 1. The van der Waals surface area contributed by atoms with Crippen molar-refractivity contribution in [1.29, 1.82) is 0 Å². The first kappa shape index (κ1) is 15.3. The smallest absolute Gasteiger partial charge is 0.123 e. The van der Waals surface area contributed by atoms with Crippen LogP contribution in [0, 0.1) is 0 Å². The number of aromatic amines is 1. The first-order chi connectivity index (χ1) is 10.7. The zero-order chi connectivity index (χ0) is 15.4. The lowest BCUT2D eigenvalue weighted by Gasteiger charge is -2.37. The average molecular weight is 323 g/mol. The number of piperidine rings is 1. The van der Waals surface area contributed by atoms with Crippen molar-refractivity contribution in [3.63, 3.8) is 0 Å². The van der Waals surface area contributed by atoms with Crippen molar-refractivity contribution in [2.24, 2.45) is 0 Å². The van der Waals surface area contributed by atoms with Gasteiger partial charge in [0.25, 0.3) is 0 Å². The maximum absolute atomic E-state index is 10.7. The molecule has 0 aliphatic carbocycles. The van der Waals surface area contributed by atoms with E-state index in [4.69, 9.17) is 16.3 Å². The van der Waals surface area contributed by atoms with E-state index in [-0.39, 0.29) is 0 Å². The molecular weight excluding hydrogens is 304 g/mol. The van der Waals surface area contributed by atoms with Crippen molar-refractivity contribution in [3.05, 3.63) is 41.2 Å². The van der Waals surface area contributed by atoms with Gasteiger partial charge in [-0.3, -0.25) is 4.90 Å². The average Bonchev–Trinajstić information content (AvgIpc) is 3.02.